The van der Waals surface area contributed by atoms with E-state index >= 15 is 0 Å². The highest BCUT2D eigenvalue weighted by Gasteiger charge is 2.10. The second kappa shape index (κ2) is 7.36. The molecule has 1 atom stereocenters. The van der Waals surface area contributed by atoms with Gasteiger partial charge >= 0.3 is 0 Å². The Kier molecular flexibility index (Phi) is 5.51. The molecule has 0 bridgehead atoms. The van der Waals surface area contributed by atoms with Gasteiger partial charge in [0.1, 0.15) is 5.82 Å². The van der Waals surface area contributed by atoms with Crippen LogP contribution in [0.25, 0.3) is 0 Å². The second-order valence-electron chi connectivity index (χ2n) is 5.88. The van der Waals surface area contributed by atoms with E-state index in [1.54, 1.807) is 0 Å². The molecular weight excluding hydrogens is 260 g/mol. The largest absolute Gasteiger partial charge is 0.335 e. The third kappa shape index (κ3) is 4.67. The maximum absolute atomic E-state index is 4.46. The molecule has 0 aliphatic carbocycles. The van der Waals surface area contributed by atoms with Gasteiger partial charge < -0.3 is 9.47 Å². The molecule has 2 rings (SSSR count). The molecule has 0 unspecified atom stereocenters. The Balaban J connectivity index is 1.77. The van der Waals surface area contributed by atoms with Gasteiger partial charge in [0, 0.05) is 43.3 Å². The molecule has 4 heteroatoms. The number of likely N-dealkylation sites (N-methyl/N-ethyl adjacent to an activating group) is 1. The number of imidazole rings is 1. The van der Waals surface area contributed by atoms with Gasteiger partial charge in [0.25, 0.3) is 0 Å². The Labute approximate surface area is 127 Å². The molecule has 0 N–H and O–H groups in total. The molecule has 0 radical (unpaired) electrons. The van der Waals surface area contributed by atoms with Crippen molar-refractivity contribution < 1.29 is 0 Å². The van der Waals surface area contributed by atoms with Crippen molar-refractivity contribution in [1.29, 1.82) is 0 Å². The minimum atomic E-state index is 0.503. The third-order valence-corrected chi connectivity index (χ3v) is 4.06. The van der Waals surface area contributed by atoms with E-state index in [0.717, 1.165) is 31.8 Å². The Morgan fingerprint density at radius 2 is 2.05 bits per heavy atom. The average molecular weight is 286 g/mol. The van der Waals surface area contributed by atoms with E-state index < -0.39 is 0 Å². The van der Waals surface area contributed by atoms with E-state index in [-0.39, 0.29) is 0 Å². The van der Waals surface area contributed by atoms with Crippen molar-refractivity contribution in [2.45, 2.75) is 46.2 Å². The predicted octanol–water partition coefficient (Wildman–Crippen LogP) is 2.85. The van der Waals surface area contributed by atoms with Gasteiger partial charge in [-0.3, -0.25) is 4.98 Å². The number of rotatable bonds is 7. The summed E-state index contributed by atoms with van der Waals surface area (Å²) in [4.78, 5) is 11.1. The van der Waals surface area contributed by atoms with E-state index in [1.807, 2.05) is 18.5 Å². The highest BCUT2D eigenvalue weighted by Crippen LogP contribution is 2.08. The first-order chi connectivity index (χ1) is 10.1. The third-order valence-electron chi connectivity index (χ3n) is 4.06. The summed E-state index contributed by atoms with van der Waals surface area (Å²) in [6.07, 6.45) is 7.96. The van der Waals surface area contributed by atoms with Gasteiger partial charge in [-0.2, -0.15) is 0 Å². The summed E-state index contributed by atoms with van der Waals surface area (Å²) >= 11 is 0. The molecule has 0 spiro atoms. The monoisotopic (exact) mass is 286 g/mol. The zero-order valence-electron chi connectivity index (χ0n) is 13.6. The standard InChI is InChI=1S/C17H26N4/c1-14-6-7-19-17(12-14)13-15(2)20(4)9-5-10-21-11-8-18-16(21)3/h6-8,11-12,15H,5,9-10,13H2,1-4H3/t15-/m1/s1. The van der Waals surface area contributed by atoms with Crippen molar-refractivity contribution in [1.82, 2.24) is 19.4 Å². The highest BCUT2D eigenvalue weighted by atomic mass is 15.1. The Bertz CT molecular complexity index is 561. The summed E-state index contributed by atoms with van der Waals surface area (Å²) in [5, 5.41) is 0. The molecule has 0 aliphatic rings. The molecule has 0 aromatic carbocycles. The zero-order valence-corrected chi connectivity index (χ0v) is 13.6. The Morgan fingerprint density at radius 3 is 2.71 bits per heavy atom. The second-order valence-corrected chi connectivity index (χ2v) is 5.88. The lowest BCUT2D eigenvalue weighted by atomic mass is 10.1. The number of hydrogen-bond donors (Lipinski definition) is 0. The molecule has 114 valence electrons. The fourth-order valence-corrected chi connectivity index (χ4v) is 2.52. The van der Waals surface area contributed by atoms with E-state index in [4.69, 9.17) is 0 Å². The van der Waals surface area contributed by atoms with Crippen molar-refractivity contribution in [2.24, 2.45) is 0 Å². The van der Waals surface area contributed by atoms with E-state index in [0.29, 0.717) is 6.04 Å². The van der Waals surface area contributed by atoms with Gasteiger partial charge in [0.2, 0.25) is 0 Å². The average Bonchev–Trinajstić information content (AvgIpc) is 2.84. The van der Waals surface area contributed by atoms with Crippen LogP contribution < -0.4 is 0 Å². The van der Waals surface area contributed by atoms with Crippen LogP contribution in [0.2, 0.25) is 0 Å². The van der Waals surface area contributed by atoms with Crippen LogP contribution in [-0.2, 0) is 13.0 Å². The van der Waals surface area contributed by atoms with Gasteiger partial charge in [-0.25, -0.2) is 4.98 Å². The number of aromatic nitrogens is 3. The summed E-state index contributed by atoms with van der Waals surface area (Å²) < 4.78 is 2.21. The summed E-state index contributed by atoms with van der Waals surface area (Å²) in [6, 6.07) is 4.73. The molecule has 21 heavy (non-hydrogen) atoms. The van der Waals surface area contributed by atoms with Gasteiger partial charge in [-0.05, 0) is 58.5 Å². The summed E-state index contributed by atoms with van der Waals surface area (Å²) in [5.74, 6) is 1.09. The summed E-state index contributed by atoms with van der Waals surface area (Å²) in [7, 11) is 2.20. The Morgan fingerprint density at radius 1 is 1.24 bits per heavy atom. The molecule has 0 amide bonds. The molecule has 0 saturated carbocycles. The molecule has 2 aromatic rings. The quantitative estimate of drug-likeness (QED) is 0.785. The van der Waals surface area contributed by atoms with Gasteiger partial charge in [0.05, 0.1) is 0 Å². The van der Waals surface area contributed by atoms with Crippen LogP contribution in [-0.4, -0.2) is 39.1 Å². The molecule has 4 nitrogen and oxygen atoms in total. The van der Waals surface area contributed by atoms with Crippen molar-refractivity contribution in [2.75, 3.05) is 13.6 Å². The van der Waals surface area contributed by atoms with Crippen LogP contribution in [0.3, 0.4) is 0 Å². The SMILES string of the molecule is Cc1ccnc(C[C@@H](C)N(C)CCCn2ccnc2C)c1. The lowest BCUT2D eigenvalue weighted by molar-refractivity contribution is 0.247. The molecule has 0 aliphatic heterocycles. The van der Waals surface area contributed by atoms with Crippen LogP contribution in [0.4, 0.5) is 0 Å². The van der Waals surface area contributed by atoms with Crippen molar-refractivity contribution in [3.63, 3.8) is 0 Å². The summed E-state index contributed by atoms with van der Waals surface area (Å²) in [5.41, 5.74) is 2.46. The maximum Gasteiger partial charge on any atom is 0.105 e. The van der Waals surface area contributed by atoms with Crippen LogP contribution >= 0.6 is 0 Å². The Hall–Kier alpha value is -1.68. The number of nitrogens with zero attached hydrogens (tertiary/aromatic N) is 4. The molecule has 2 heterocycles. The zero-order chi connectivity index (χ0) is 15.2. The van der Waals surface area contributed by atoms with Gasteiger partial charge in [-0.1, -0.05) is 0 Å². The fourth-order valence-electron chi connectivity index (χ4n) is 2.52. The minimum absolute atomic E-state index is 0.503. The van der Waals surface area contributed by atoms with Gasteiger partial charge in [-0.15, -0.1) is 0 Å². The minimum Gasteiger partial charge on any atom is -0.335 e. The first kappa shape index (κ1) is 15.7. The first-order valence-electron chi connectivity index (χ1n) is 7.66. The normalized spacial score (nSPS) is 12.8. The van der Waals surface area contributed by atoms with Crippen LogP contribution in [0, 0.1) is 13.8 Å². The van der Waals surface area contributed by atoms with Crippen molar-refractivity contribution in [3.8, 4) is 0 Å². The van der Waals surface area contributed by atoms with Gasteiger partial charge in [0.15, 0.2) is 0 Å². The van der Waals surface area contributed by atoms with Crippen molar-refractivity contribution >= 4 is 0 Å². The van der Waals surface area contributed by atoms with E-state index in [2.05, 4.69) is 59.5 Å². The number of aryl methyl sites for hydroxylation is 3. The lowest BCUT2D eigenvalue weighted by Gasteiger charge is -2.24. The van der Waals surface area contributed by atoms with E-state index in [9.17, 15) is 0 Å². The van der Waals surface area contributed by atoms with Crippen molar-refractivity contribution in [3.05, 3.63) is 47.8 Å². The first-order valence-corrected chi connectivity index (χ1v) is 7.66. The molecule has 2 aromatic heterocycles. The van der Waals surface area contributed by atoms with E-state index in [1.165, 1.54) is 11.3 Å². The topological polar surface area (TPSA) is 34.0 Å². The predicted molar refractivity (Wildman–Crippen MR) is 86.4 cm³/mol. The highest BCUT2D eigenvalue weighted by molar-refractivity contribution is 5.15. The maximum atomic E-state index is 4.46. The summed E-state index contributed by atoms with van der Waals surface area (Å²) in [6.45, 7) is 8.56. The molecule has 0 saturated heterocycles. The van der Waals surface area contributed by atoms with Crippen LogP contribution in [0.1, 0.15) is 30.4 Å². The number of pyridine rings is 1. The molecular formula is C17H26N4. The fraction of sp³-hybridized carbons (Fsp3) is 0.529. The van der Waals surface area contributed by atoms with Crippen LogP contribution in [0.5, 0.6) is 0 Å². The smallest absolute Gasteiger partial charge is 0.105 e. The lowest BCUT2D eigenvalue weighted by Crippen LogP contribution is -2.32. The van der Waals surface area contributed by atoms with Crippen LogP contribution in [0.15, 0.2) is 30.7 Å². The number of hydrogen-bond acceptors (Lipinski definition) is 3. The molecule has 0 fully saturated rings.